The number of piperazine rings is 1. The van der Waals surface area contributed by atoms with Crippen LogP contribution in [0.25, 0.3) is 0 Å². The van der Waals surface area contributed by atoms with Crippen molar-refractivity contribution < 1.29 is 0 Å². The van der Waals surface area contributed by atoms with Crippen molar-refractivity contribution in [1.82, 2.24) is 10.6 Å². The van der Waals surface area contributed by atoms with Crippen molar-refractivity contribution in [3.05, 3.63) is 0 Å². The molecule has 1 fully saturated rings. The first kappa shape index (κ1) is 11.0. The Labute approximate surface area is 82.5 Å². The Morgan fingerprint density at radius 3 is 2.15 bits per heavy atom. The minimum atomic E-state index is 0.670. The van der Waals surface area contributed by atoms with Gasteiger partial charge in [0, 0.05) is 25.2 Å². The fourth-order valence-electron chi connectivity index (χ4n) is 1.94. The summed E-state index contributed by atoms with van der Waals surface area (Å²) in [5, 5.41) is 7.23. The third-order valence-corrected chi connectivity index (χ3v) is 2.81. The van der Waals surface area contributed by atoms with Crippen LogP contribution < -0.4 is 10.6 Å². The van der Waals surface area contributed by atoms with E-state index in [4.69, 9.17) is 0 Å². The number of rotatable bonds is 3. The van der Waals surface area contributed by atoms with Gasteiger partial charge in [0.2, 0.25) is 0 Å². The molecule has 0 amide bonds. The molecule has 0 saturated carbocycles. The van der Waals surface area contributed by atoms with Crippen molar-refractivity contribution in [3.8, 4) is 0 Å². The molecule has 1 heterocycles. The standard InChI is InChI=1S/C11H24N2/c1-8(2)5-10-6-13-11(7-12-10)9(3)4/h8-13H,5-7H2,1-4H3. The Morgan fingerprint density at radius 1 is 1.08 bits per heavy atom. The second kappa shape index (κ2) is 4.97. The van der Waals surface area contributed by atoms with Gasteiger partial charge in [-0.2, -0.15) is 0 Å². The summed E-state index contributed by atoms with van der Waals surface area (Å²) in [6.07, 6.45) is 1.29. The quantitative estimate of drug-likeness (QED) is 0.696. The van der Waals surface area contributed by atoms with Crippen molar-refractivity contribution in [1.29, 1.82) is 0 Å². The SMILES string of the molecule is CC(C)CC1CNC(C(C)C)CN1. The van der Waals surface area contributed by atoms with Crippen LogP contribution in [0.5, 0.6) is 0 Å². The summed E-state index contributed by atoms with van der Waals surface area (Å²) in [7, 11) is 0. The lowest BCUT2D eigenvalue weighted by Gasteiger charge is -2.34. The maximum Gasteiger partial charge on any atom is 0.0216 e. The van der Waals surface area contributed by atoms with E-state index in [0.29, 0.717) is 12.1 Å². The number of nitrogens with one attached hydrogen (secondary N) is 2. The summed E-state index contributed by atoms with van der Waals surface area (Å²) in [6.45, 7) is 11.4. The molecular formula is C11H24N2. The van der Waals surface area contributed by atoms with Crippen molar-refractivity contribution in [2.24, 2.45) is 11.8 Å². The Kier molecular flexibility index (Phi) is 4.20. The van der Waals surface area contributed by atoms with Crippen LogP contribution >= 0.6 is 0 Å². The fourth-order valence-corrected chi connectivity index (χ4v) is 1.94. The summed E-state index contributed by atoms with van der Waals surface area (Å²) in [6, 6.07) is 1.36. The molecule has 1 aliphatic heterocycles. The summed E-state index contributed by atoms with van der Waals surface area (Å²) in [5.74, 6) is 1.54. The van der Waals surface area contributed by atoms with Gasteiger partial charge in [0.1, 0.15) is 0 Å². The highest BCUT2D eigenvalue weighted by Gasteiger charge is 2.21. The Morgan fingerprint density at radius 2 is 1.77 bits per heavy atom. The number of hydrogen-bond donors (Lipinski definition) is 2. The van der Waals surface area contributed by atoms with E-state index in [1.165, 1.54) is 6.42 Å². The van der Waals surface area contributed by atoms with Gasteiger partial charge in [-0.25, -0.2) is 0 Å². The second-order valence-electron chi connectivity index (χ2n) is 4.99. The zero-order valence-electron chi connectivity index (χ0n) is 9.43. The summed E-state index contributed by atoms with van der Waals surface area (Å²) in [4.78, 5) is 0. The van der Waals surface area contributed by atoms with E-state index in [-0.39, 0.29) is 0 Å². The minimum Gasteiger partial charge on any atom is -0.311 e. The van der Waals surface area contributed by atoms with Crippen LogP contribution in [-0.2, 0) is 0 Å². The molecule has 0 bridgehead atoms. The summed E-state index contributed by atoms with van der Waals surface area (Å²) in [5.41, 5.74) is 0. The third-order valence-electron chi connectivity index (χ3n) is 2.81. The first-order chi connectivity index (χ1) is 6.09. The molecule has 0 aromatic heterocycles. The molecule has 1 saturated heterocycles. The molecule has 2 heteroatoms. The lowest BCUT2D eigenvalue weighted by Crippen LogP contribution is -2.56. The largest absolute Gasteiger partial charge is 0.311 e. The van der Waals surface area contributed by atoms with Crippen molar-refractivity contribution in [2.45, 2.75) is 46.2 Å². The maximum absolute atomic E-state index is 3.62. The molecule has 0 aliphatic carbocycles. The van der Waals surface area contributed by atoms with Crippen LogP contribution in [0.2, 0.25) is 0 Å². The van der Waals surface area contributed by atoms with Gasteiger partial charge in [0.15, 0.2) is 0 Å². The topological polar surface area (TPSA) is 24.1 Å². The number of hydrogen-bond acceptors (Lipinski definition) is 2. The van der Waals surface area contributed by atoms with Gasteiger partial charge in [0.05, 0.1) is 0 Å². The lowest BCUT2D eigenvalue weighted by atomic mass is 9.97. The highest BCUT2D eigenvalue weighted by atomic mass is 15.1. The summed E-state index contributed by atoms with van der Waals surface area (Å²) >= 11 is 0. The van der Waals surface area contributed by atoms with Crippen LogP contribution in [0.3, 0.4) is 0 Å². The van der Waals surface area contributed by atoms with Gasteiger partial charge < -0.3 is 10.6 Å². The predicted molar refractivity (Wildman–Crippen MR) is 57.9 cm³/mol. The van der Waals surface area contributed by atoms with Gasteiger partial charge in [0.25, 0.3) is 0 Å². The van der Waals surface area contributed by atoms with E-state index >= 15 is 0 Å². The van der Waals surface area contributed by atoms with E-state index in [0.717, 1.165) is 24.9 Å². The molecular weight excluding hydrogens is 160 g/mol. The van der Waals surface area contributed by atoms with E-state index in [9.17, 15) is 0 Å². The molecule has 2 nitrogen and oxygen atoms in total. The van der Waals surface area contributed by atoms with Crippen LogP contribution in [0.15, 0.2) is 0 Å². The second-order valence-corrected chi connectivity index (χ2v) is 4.99. The van der Waals surface area contributed by atoms with Crippen molar-refractivity contribution >= 4 is 0 Å². The fraction of sp³-hybridized carbons (Fsp3) is 1.00. The summed E-state index contributed by atoms with van der Waals surface area (Å²) < 4.78 is 0. The first-order valence-electron chi connectivity index (χ1n) is 5.56. The van der Waals surface area contributed by atoms with Crippen LogP contribution in [0.4, 0.5) is 0 Å². The molecule has 2 N–H and O–H groups in total. The van der Waals surface area contributed by atoms with E-state index in [1.54, 1.807) is 0 Å². The van der Waals surface area contributed by atoms with Crippen molar-refractivity contribution in [2.75, 3.05) is 13.1 Å². The zero-order valence-corrected chi connectivity index (χ0v) is 9.43. The van der Waals surface area contributed by atoms with Crippen LogP contribution in [0.1, 0.15) is 34.1 Å². The average Bonchev–Trinajstić information content (AvgIpc) is 2.04. The molecule has 13 heavy (non-hydrogen) atoms. The maximum atomic E-state index is 3.62. The molecule has 0 radical (unpaired) electrons. The highest BCUT2D eigenvalue weighted by Crippen LogP contribution is 2.09. The van der Waals surface area contributed by atoms with Crippen LogP contribution in [-0.4, -0.2) is 25.2 Å². The third kappa shape index (κ3) is 3.65. The molecule has 2 unspecified atom stereocenters. The molecule has 78 valence electrons. The van der Waals surface area contributed by atoms with Crippen molar-refractivity contribution in [3.63, 3.8) is 0 Å². The first-order valence-corrected chi connectivity index (χ1v) is 5.56. The Balaban J connectivity index is 2.22. The average molecular weight is 184 g/mol. The van der Waals surface area contributed by atoms with E-state index in [2.05, 4.69) is 38.3 Å². The van der Waals surface area contributed by atoms with Gasteiger partial charge >= 0.3 is 0 Å². The smallest absolute Gasteiger partial charge is 0.0216 e. The van der Waals surface area contributed by atoms with E-state index < -0.39 is 0 Å². The molecule has 2 atom stereocenters. The van der Waals surface area contributed by atoms with Gasteiger partial charge in [-0.15, -0.1) is 0 Å². The molecule has 0 spiro atoms. The Bertz CT molecular complexity index is 135. The Hall–Kier alpha value is -0.0800. The lowest BCUT2D eigenvalue weighted by molar-refractivity contribution is 0.272. The minimum absolute atomic E-state index is 0.670. The normalized spacial score (nSPS) is 30.0. The monoisotopic (exact) mass is 184 g/mol. The zero-order chi connectivity index (χ0) is 9.84. The van der Waals surface area contributed by atoms with E-state index in [1.807, 2.05) is 0 Å². The van der Waals surface area contributed by atoms with Gasteiger partial charge in [-0.1, -0.05) is 27.7 Å². The molecule has 0 aromatic carbocycles. The highest BCUT2D eigenvalue weighted by molar-refractivity contribution is 4.84. The van der Waals surface area contributed by atoms with Gasteiger partial charge in [-0.3, -0.25) is 0 Å². The molecule has 0 aromatic rings. The molecule has 1 aliphatic rings. The predicted octanol–water partition coefficient (Wildman–Crippen LogP) is 1.62. The molecule has 1 rings (SSSR count). The van der Waals surface area contributed by atoms with Gasteiger partial charge in [-0.05, 0) is 18.3 Å². The van der Waals surface area contributed by atoms with Crippen LogP contribution in [0, 0.1) is 11.8 Å².